The molecule has 0 amide bonds. The number of rotatable bonds is 5. The molecule has 0 unspecified atom stereocenters. The van der Waals surface area contributed by atoms with Gasteiger partial charge < -0.3 is 9.67 Å². The average molecular weight is 355 g/mol. The molecule has 0 radical (unpaired) electrons. The van der Waals surface area contributed by atoms with Gasteiger partial charge in [-0.25, -0.2) is 0 Å². The Kier molecular flexibility index (Phi) is 4.51. The summed E-state index contributed by atoms with van der Waals surface area (Å²) in [6.07, 6.45) is 1.58. The summed E-state index contributed by atoms with van der Waals surface area (Å²) in [6.45, 7) is 2.68. The Morgan fingerprint density at radius 3 is 2.41 bits per heavy atom. The van der Waals surface area contributed by atoms with Gasteiger partial charge in [-0.3, -0.25) is 4.79 Å². The first-order chi connectivity index (χ1) is 13.2. The first-order valence-electron chi connectivity index (χ1n) is 9.16. The number of phenolic OH excluding ortho intramolecular Hbond substituents is 1. The van der Waals surface area contributed by atoms with Gasteiger partial charge in [0, 0.05) is 17.8 Å². The van der Waals surface area contributed by atoms with E-state index in [4.69, 9.17) is 0 Å². The summed E-state index contributed by atoms with van der Waals surface area (Å²) >= 11 is 0. The molecule has 0 fully saturated rings. The lowest BCUT2D eigenvalue weighted by Gasteiger charge is -2.14. The Morgan fingerprint density at radius 1 is 0.926 bits per heavy atom. The molecule has 3 aromatic carbocycles. The van der Waals surface area contributed by atoms with Crippen LogP contribution in [-0.2, 0) is 13.0 Å². The third-order valence-corrected chi connectivity index (χ3v) is 5.10. The van der Waals surface area contributed by atoms with Crippen molar-refractivity contribution < 1.29 is 9.90 Å². The molecule has 1 N–H and O–H groups in total. The maximum atomic E-state index is 11.8. The molecule has 0 spiro atoms. The molecule has 0 atom stereocenters. The Hall–Kier alpha value is -3.33. The summed E-state index contributed by atoms with van der Waals surface area (Å²) in [5.74, 6) is 0.152. The van der Waals surface area contributed by atoms with Gasteiger partial charge in [-0.1, -0.05) is 67.6 Å². The van der Waals surface area contributed by atoms with Crippen LogP contribution in [0.4, 0.5) is 0 Å². The molecular formula is C24H21NO2. The molecule has 4 rings (SSSR count). The molecule has 0 aliphatic carbocycles. The molecule has 1 heterocycles. The lowest BCUT2D eigenvalue weighted by Crippen LogP contribution is -2.06. The Balaban J connectivity index is 1.91. The Bertz CT molecular complexity index is 1110. The lowest BCUT2D eigenvalue weighted by atomic mass is 9.99. The molecule has 4 aromatic rings. The van der Waals surface area contributed by atoms with Gasteiger partial charge in [0.05, 0.1) is 10.9 Å². The number of benzene rings is 3. The van der Waals surface area contributed by atoms with Crippen LogP contribution in [0.2, 0.25) is 0 Å². The van der Waals surface area contributed by atoms with Crippen molar-refractivity contribution in [2.24, 2.45) is 0 Å². The largest absolute Gasteiger partial charge is 0.507 e. The van der Waals surface area contributed by atoms with Crippen molar-refractivity contribution in [2.45, 2.75) is 19.9 Å². The number of hydrogen-bond donors (Lipinski definition) is 1. The normalized spacial score (nSPS) is 11.0. The van der Waals surface area contributed by atoms with Crippen LogP contribution in [0, 0.1) is 0 Å². The minimum atomic E-state index is 0.152. The van der Waals surface area contributed by atoms with E-state index < -0.39 is 0 Å². The maximum absolute atomic E-state index is 11.8. The van der Waals surface area contributed by atoms with Crippen molar-refractivity contribution >= 4 is 17.2 Å². The highest BCUT2D eigenvalue weighted by Crippen LogP contribution is 2.34. The zero-order chi connectivity index (χ0) is 18.8. The van der Waals surface area contributed by atoms with Gasteiger partial charge in [-0.05, 0) is 35.2 Å². The SMILES string of the molecule is CCc1c(C=O)c2c(O)cccc2n1Cc1ccccc1-c1ccccc1. The number of phenols is 1. The maximum Gasteiger partial charge on any atom is 0.152 e. The van der Waals surface area contributed by atoms with Crippen LogP contribution in [0.5, 0.6) is 5.75 Å². The third-order valence-electron chi connectivity index (χ3n) is 5.10. The average Bonchev–Trinajstić information content (AvgIpc) is 3.03. The number of hydrogen-bond acceptors (Lipinski definition) is 2. The standard InChI is InChI=1S/C24H21NO2/c1-2-21-20(16-26)24-22(13-8-14-23(24)27)25(21)15-18-11-6-7-12-19(18)17-9-4-3-5-10-17/h3-14,16,27H,2,15H2,1H3. The quantitative estimate of drug-likeness (QED) is 0.485. The fourth-order valence-corrected chi connectivity index (χ4v) is 3.88. The molecule has 1 aromatic heterocycles. The van der Waals surface area contributed by atoms with E-state index in [9.17, 15) is 9.90 Å². The number of aldehydes is 1. The number of carbonyl (C=O) groups is 1. The smallest absolute Gasteiger partial charge is 0.152 e. The number of nitrogens with zero attached hydrogens (tertiary/aromatic N) is 1. The molecule has 0 bridgehead atoms. The number of aromatic nitrogens is 1. The van der Waals surface area contributed by atoms with E-state index in [-0.39, 0.29) is 5.75 Å². The predicted octanol–water partition coefficient (Wildman–Crippen LogP) is 5.44. The highest BCUT2D eigenvalue weighted by atomic mass is 16.3. The van der Waals surface area contributed by atoms with Gasteiger partial charge in [-0.15, -0.1) is 0 Å². The van der Waals surface area contributed by atoms with Gasteiger partial charge in [0.2, 0.25) is 0 Å². The van der Waals surface area contributed by atoms with Crippen molar-refractivity contribution in [2.75, 3.05) is 0 Å². The Morgan fingerprint density at radius 2 is 1.67 bits per heavy atom. The highest BCUT2D eigenvalue weighted by molar-refractivity contribution is 6.02. The molecule has 0 saturated carbocycles. The van der Waals surface area contributed by atoms with Crippen molar-refractivity contribution in [1.29, 1.82) is 0 Å². The van der Waals surface area contributed by atoms with E-state index >= 15 is 0 Å². The van der Waals surface area contributed by atoms with Crippen LogP contribution < -0.4 is 0 Å². The minimum Gasteiger partial charge on any atom is -0.507 e. The summed E-state index contributed by atoms with van der Waals surface area (Å²) in [6, 6.07) is 24.1. The van der Waals surface area contributed by atoms with E-state index in [1.54, 1.807) is 6.07 Å². The van der Waals surface area contributed by atoms with Crippen molar-refractivity contribution in [1.82, 2.24) is 4.57 Å². The lowest BCUT2D eigenvalue weighted by molar-refractivity contribution is 0.112. The molecule has 134 valence electrons. The van der Waals surface area contributed by atoms with E-state index in [2.05, 4.69) is 28.8 Å². The number of fused-ring (bicyclic) bond motifs is 1. The first kappa shape index (κ1) is 17.1. The van der Waals surface area contributed by atoms with E-state index in [0.29, 0.717) is 17.5 Å². The van der Waals surface area contributed by atoms with E-state index in [0.717, 1.165) is 23.9 Å². The van der Waals surface area contributed by atoms with Crippen molar-refractivity contribution in [3.05, 3.63) is 89.6 Å². The summed E-state index contributed by atoms with van der Waals surface area (Å²) < 4.78 is 2.15. The van der Waals surface area contributed by atoms with Gasteiger partial charge in [-0.2, -0.15) is 0 Å². The molecular weight excluding hydrogens is 334 g/mol. The molecule has 3 heteroatoms. The number of carbonyl (C=O) groups excluding carboxylic acids is 1. The minimum absolute atomic E-state index is 0.152. The highest BCUT2D eigenvalue weighted by Gasteiger charge is 2.19. The summed E-state index contributed by atoms with van der Waals surface area (Å²) in [4.78, 5) is 11.8. The van der Waals surface area contributed by atoms with Crippen LogP contribution in [0.15, 0.2) is 72.8 Å². The topological polar surface area (TPSA) is 42.2 Å². The monoisotopic (exact) mass is 355 g/mol. The Labute approximate surface area is 158 Å². The van der Waals surface area contributed by atoms with Crippen molar-refractivity contribution in [3.8, 4) is 16.9 Å². The second kappa shape index (κ2) is 7.12. The van der Waals surface area contributed by atoms with Crippen LogP contribution >= 0.6 is 0 Å². The van der Waals surface area contributed by atoms with Crippen molar-refractivity contribution in [3.63, 3.8) is 0 Å². The molecule has 0 saturated heterocycles. The van der Waals surface area contributed by atoms with Gasteiger partial charge in [0.1, 0.15) is 5.75 Å². The number of aromatic hydroxyl groups is 1. The fraction of sp³-hybridized carbons (Fsp3) is 0.125. The van der Waals surface area contributed by atoms with Gasteiger partial charge in [0.25, 0.3) is 0 Å². The molecule has 0 aliphatic heterocycles. The van der Waals surface area contributed by atoms with Gasteiger partial charge in [0.15, 0.2) is 6.29 Å². The first-order valence-corrected chi connectivity index (χ1v) is 9.16. The molecule has 27 heavy (non-hydrogen) atoms. The van der Waals surface area contributed by atoms with Crippen LogP contribution in [-0.4, -0.2) is 16.0 Å². The van der Waals surface area contributed by atoms with Crippen LogP contribution in [0.1, 0.15) is 28.5 Å². The molecule has 0 aliphatic rings. The second-order valence-corrected chi connectivity index (χ2v) is 6.61. The zero-order valence-corrected chi connectivity index (χ0v) is 15.2. The molecule has 3 nitrogen and oxygen atoms in total. The van der Waals surface area contributed by atoms with Gasteiger partial charge >= 0.3 is 0 Å². The zero-order valence-electron chi connectivity index (χ0n) is 15.2. The second-order valence-electron chi connectivity index (χ2n) is 6.61. The third kappa shape index (κ3) is 2.91. The summed E-state index contributed by atoms with van der Waals surface area (Å²) in [5.41, 5.74) is 5.94. The van der Waals surface area contributed by atoms with Crippen LogP contribution in [0.25, 0.3) is 22.0 Å². The predicted molar refractivity (Wildman–Crippen MR) is 109 cm³/mol. The van der Waals surface area contributed by atoms with E-state index in [1.165, 1.54) is 16.7 Å². The summed E-state index contributed by atoms with van der Waals surface area (Å²) in [7, 11) is 0. The van der Waals surface area contributed by atoms with E-state index in [1.807, 2.05) is 49.4 Å². The summed E-state index contributed by atoms with van der Waals surface area (Å²) in [5, 5.41) is 11.0. The fourth-order valence-electron chi connectivity index (χ4n) is 3.88. The van der Waals surface area contributed by atoms with Crippen LogP contribution in [0.3, 0.4) is 0 Å².